The number of aromatic nitrogens is 5. The van der Waals surface area contributed by atoms with E-state index in [4.69, 9.17) is 21.7 Å². The van der Waals surface area contributed by atoms with Gasteiger partial charge < -0.3 is 14.8 Å². The fourth-order valence-corrected chi connectivity index (χ4v) is 4.67. The molecule has 8 nitrogen and oxygen atoms in total. The fourth-order valence-electron chi connectivity index (χ4n) is 4.47. The number of halogens is 3. The first-order valence-corrected chi connectivity index (χ1v) is 11.1. The molecule has 176 valence electrons. The van der Waals surface area contributed by atoms with Crippen LogP contribution in [0.4, 0.5) is 19.0 Å². The second-order valence-corrected chi connectivity index (χ2v) is 8.60. The number of anilines is 1. The van der Waals surface area contributed by atoms with Crippen LogP contribution >= 0.6 is 12.2 Å². The molecule has 1 saturated heterocycles. The van der Waals surface area contributed by atoms with Crippen molar-refractivity contribution in [3.63, 3.8) is 0 Å². The molecule has 3 aromatic rings. The molecule has 1 fully saturated rings. The zero-order valence-electron chi connectivity index (χ0n) is 17.8. The number of nitrogens with one attached hydrogen (secondary N) is 2. The zero-order chi connectivity index (χ0) is 23.2. The topological polar surface area (TPSA) is 81.9 Å². The summed E-state index contributed by atoms with van der Waals surface area (Å²) < 4.78 is 56.1. The lowest BCUT2D eigenvalue weighted by Gasteiger charge is -2.34. The number of alkyl halides is 3. The Morgan fingerprint density at radius 2 is 2.06 bits per heavy atom. The van der Waals surface area contributed by atoms with Gasteiger partial charge in [-0.2, -0.15) is 23.4 Å². The molecule has 2 aliphatic heterocycles. The van der Waals surface area contributed by atoms with Crippen molar-refractivity contribution in [2.75, 3.05) is 19.0 Å². The smallest absolute Gasteiger partial charge is 0.410 e. The molecule has 0 aliphatic carbocycles. The third-order valence-electron chi connectivity index (χ3n) is 6.17. The van der Waals surface area contributed by atoms with Crippen molar-refractivity contribution in [2.24, 2.45) is 0 Å². The van der Waals surface area contributed by atoms with Crippen LogP contribution in [0.25, 0.3) is 11.4 Å². The van der Waals surface area contributed by atoms with E-state index in [0.29, 0.717) is 35.1 Å². The van der Waals surface area contributed by atoms with Crippen molar-refractivity contribution < 1.29 is 22.6 Å². The summed E-state index contributed by atoms with van der Waals surface area (Å²) >= 11 is 5.39. The number of hydrogen-bond acceptors (Lipinski definition) is 6. The second kappa shape index (κ2) is 8.49. The molecule has 4 heterocycles. The van der Waals surface area contributed by atoms with Gasteiger partial charge in [0.05, 0.1) is 37.6 Å². The van der Waals surface area contributed by atoms with Gasteiger partial charge in [-0.05, 0) is 42.8 Å². The highest BCUT2D eigenvalue weighted by atomic mass is 32.1. The summed E-state index contributed by atoms with van der Waals surface area (Å²) in [6.07, 6.45) is -1.39. The van der Waals surface area contributed by atoms with Crippen LogP contribution in [0.5, 0.6) is 5.75 Å². The van der Waals surface area contributed by atoms with Gasteiger partial charge in [-0.25, -0.2) is 4.68 Å². The van der Waals surface area contributed by atoms with E-state index in [-0.39, 0.29) is 18.3 Å². The van der Waals surface area contributed by atoms with Crippen molar-refractivity contribution in [1.29, 1.82) is 0 Å². The number of benzene rings is 1. The molecule has 0 spiro atoms. The van der Waals surface area contributed by atoms with E-state index < -0.39 is 18.3 Å². The summed E-state index contributed by atoms with van der Waals surface area (Å²) in [4.78, 5) is 0. The maximum atomic E-state index is 14.0. The van der Waals surface area contributed by atoms with E-state index in [2.05, 4.69) is 20.6 Å². The van der Waals surface area contributed by atoms with E-state index in [1.807, 2.05) is 0 Å². The predicted octanol–water partition coefficient (Wildman–Crippen LogP) is 4.65. The molecule has 0 saturated carbocycles. The van der Waals surface area contributed by atoms with Crippen molar-refractivity contribution >= 4 is 18.0 Å². The molecular formula is C21H23F3N6O2S. The van der Waals surface area contributed by atoms with Crippen LogP contribution in [0, 0.1) is 4.77 Å². The molecule has 0 bridgehead atoms. The molecular weight excluding hydrogens is 457 g/mol. The first-order chi connectivity index (χ1) is 15.8. The Labute approximate surface area is 192 Å². The van der Waals surface area contributed by atoms with Crippen LogP contribution in [0.3, 0.4) is 0 Å². The summed E-state index contributed by atoms with van der Waals surface area (Å²) in [5.41, 5.74) is 1.18. The Morgan fingerprint density at radius 1 is 1.27 bits per heavy atom. The van der Waals surface area contributed by atoms with Crippen molar-refractivity contribution in [1.82, 2.24) is 24.5 Å². The number of rotatable bonds is 5. The molecule has 2 N–H and O–H groups in total. The molecule has 2 aliphatic rings. The minimum absolute atomic E-state index is 0.0117. The van der Waals surface area contributed by atoms with Gasteiger partial charge in [-0.15, -0.1) is 0 Å². The van der Waals surface area contributed by atoms with Gasteiger partial charge in [-0.3, -0.25) is 9.67 Å². The molecule has 0 unspecified atom stereocenters. The molecule has 12 heteroatoms. The lowest BCUT2D eigenvalue weighted by atomic mass is 9.96. The quantitative estimate of drug-likeness (QED) is 0.518. The Morgan fingerprint density at radius 3 is 2.73 bits per heavy atom. The third kappa shape index (κ3) is 4.12. The summed E-state index contributed by atoms with van der Waals surface area (Å²) in [7, 11) is 1.54. The maximum Gasteiger partial charge on any atom is 0.410 e. The van der Waals surface area contributed by atoms with Gasteiger partial charge >= 0.3 is 6.18 Å². The summed E-state index contributed by atoms with van der Waals surface area (Å²) in [5, 5.41) is 14.4. The lowest BCUT2D eigenvalue weighted by Crippen LogP contribution is -2.35. The minimum atomic E-state index is -4.47. The second-order valence-electron chi connectivity index (χ2n) is 8.21. The lowest BCUT2D eigenvalue weighted by molar-refractivity contribution is -0.173. The molecule has 0 radical (unpaired) electrons. The molecule has 33 heavy (non-hydrogen) atoms. The van der Waals surface area contributed by atoms with Crippen LogP contribution in [0.2, 0.25) is 0 Å². The number of methoxy groups -OCH3 is 1. The SMILES string of the molecule is COc1ccc([C@@H]2C[C@H](C(F)(F)F)n3ncc(-c4n[nH]c(=S)n4C[C@@H]4CCCO4)c3N2)cc1. The number of fused-ring (bicyclic) bond motifs is 1. The number of aromatic amines is 1. The van der Waals surface area contributed by atoms with Crippen molar-refractivity contribution in [2.45, 2.75) is 50.2 Å². The molecule has 1 aromatic carbocycles. The van der Waals surface area contributed by atoms with E-state index in [1.54, 1.807) is 35.9 Å². The zero-order valence-corrected chi connectivity index (χ0v) is 18.6. The van der Waals surface area contributed by atoms with E-state index in [1.165, 1.54) is 6.20 Å². The molecule has 2 aromatic heterocycles. The Hall–Kier alpha value is -2.86. The van der Waals surface area contributed by atoms with Crippen LogP contribution in [-0.4, -0.2) is 50.5 Å². The third-order valence-corrected chi connectivity index (χ3v) is 6.48. The van der Waals surface area contributed by atoms with Crippen molar-refractivity contribution in [3.8, 4) is 17.1 Å². The Balaban J connectivity index is 1.55. The van der Waals surface area contributed by atoms with Crippen LogP contribution in [0.15, 0.2) is 30.5 Å². The van der Waals surface area contributed by atoms with Crippen LogP contribution in [-0.2, 0) is 11.3 Å². The van der Waals surface area contributed by atoms with E-state index in [0.717, 1.165) is 23.1 Å². The summed E-state index contributed by atoms with van der Waals surface area (Å²) in [5.74, 6) is 1.32. The molecule has 5 rings (SSSR count). The van der Waals surface area contributed by atoms with Gasteiger partial charge in [0.2, 0.25) is 0 Å². The fraction of sp³-hybridized carbons (Fsp3) is 0.476. The number of H-pyrrole nitrogens is 1. The van der Waals surface area contributed by atoms with Crippen LogP contribution < -0.4 is 10.1 Å². The number of ether oxygens (including phenoxy) is 2. The van der Waals surface area contributed by atoms with Gasteiger partial charge in [-0.1, -0.05) is 12.1 Å². The monoisotopic (exact) mass is 480 g/mol. The Kier molecular flexibility index (Phi) is 5.65. The van der Waals surface area contributed by atoms with Crippen molar-refractivity contribution in [3.05, 3.63) is 40.8 Å². The van der Waals surface area contributed by atoms with Gasteiger partial charge in [0.1, 0.15) is 11.6 Å². The van der Waals surface area contributed by atoms with E-state index >= 15 is 0 Å². The van der Waals surface area contributed by atoms with Crippen LogP contribution in [0.1, 0.15) is 36.9 Å². The highest BCUT2D eigenvalue weighted by molar-refractivity contribution is 7.71. The number of hydrogen-bond donors (Lipinski definition) is 2. The average molecular weight is 481 g/mol. The Bertz CT molecular complexity index is 1180. The number of nitrogens with zero attached hydrogens (tertiary/aromatic N) is 4. The normalized spacial score (nSPS) is 22.7. The molecule has 3 atom stereocenters. The predicted molar refractivity (Wildman–Crippen MR) is 117 cm³/mol. The summed E-state index contributed by atoms with van der Waals surface area (Å²) in [6, 6.07) is 4.66. The van der Waals surface area contributed by atoms with Gasteiger partial charge in [0.15, 0.2) is 16.6 Å². The first kappa shape index (κ1) is 22.0. The molecule has 0 amide bonds. The highest BCUT2D eigenvalue weighted by Gasteiger charge is 2.47. The first-order valence-electron chi connectivity index (χ1n) is 10.7. The highest BCUT2D eigenvalue weighted by Crippen LogP contribution is 2.46. The minimum Gasteiger partial charge on any atom is -0.497 e. The van der Waals surface area contributed by atoms with Gasteiger partial charge in [0.25, 0.3) is 0 Å². The summed E-state index contributed by atoms with van der Waals surface area (Å²) in [6.45, 7) is 1.16. The van der Waals surface area contributed by atoms with Gasteiger partial charge in [0, 0.05) is 13.0 Å². The largest absolute Gasteiger partial charge is 0.497 e. The maximum absolute atomic E-state index is 14.0. The average Bonchev–Trinajstić information content (AvgIpc) is 3.54. The standard InChI is InChI=1S/C21H23F3N6O2S/c1-31-13-6-4-12(5-7-13)16-9-17(21(22,23)24)30-18(26-16)15(10-25-30)19-27-28-20(33)29(19)11-14-3-2-8-32-14/h4-7,10,14,16-17,26H,2-3,8-9,11H2,1H3,(H,28,33)/t14-,16-,17+/m0/s1. The van der Waals surface area contributed by atoms with E-state index in [9.17, 15) is 13.2 Å².